The van der Waals surface area contributed by atoms with Gasteiger partial charge in [0.15, 0.2) is 0 Å². The van der Waals surface area contributed by atoms with Gasteiger partial charge in [-0.3, -0.25) is 23.4 Å². The van der Waals surface area contributed by atoms with Crippen LogP contribution in [0.2, 0.25) is 0 Å². The zero-order chi connectivity index (χ0) is 27.5. The van der Waals surface area contributed by atoms with Crippen molar-refractivity contribution in [1.82, 2.24) is 9.55 Å². The first kappa shape index (κ1) is 28.4. The first-order valence-electron chi connectivity index (χ1n) is 11.8. The maximum Gasteiger partial charge on any atom is 0.530 e. The van der Waals surface area contributed by atoms with E-state index in [4.69, 9.17) is 18.3 Å². The van der Waals surface area contributed by atoms with E-state index in [2.05, 4.69) is 4.98 Å². The van der Waals surface area contributed by atoms with E-state index in [-0.39, 0.29) is 27.9 Å². The third kappa shape index (κ3) is 5.73. The zero-order valence-electron chi connectivity index (χ0n) is 21.4. The quantitative estimate of drug-likeness (QED) is 0.355. The summed E-state index contributed by atoms with van der Waals surface area (Å²) in [5.41, 5.74) is -0.976. The summed E-state index contributed by atoms with van der Waals surface area (Å²) in [5.74, 6) is -0.391. The predicted molar refractivity (Wildman–Crippen MR) is 140 cm³/mol. The summed E-state index contributed by atoms with van der Waals surface area (Å²) in [6.45, 7) is 10.6. The highest BCUT2D eigenvalue weighted by molar-refractivity contribution is 14.1. The molecule has 2 aliphatic heterocycles. The fraction of sp³-hybridized carbons (Fsp3) is 0.583. The predicted octanol–water partition coefficient (Wildman–Crippen LogP) is 5.23. The van der Waals surface area contributed by atoms with Gasteiger partial charge in [0.05, 0.1) is 22.3 Å². The van der Waals surface area contributed by atoms with Gasteiger partial charge in [0.1, 0.15) is 30.1 Å². The number of nitrogens with zero attached hydrogens (tertiary/aromatic N) is 1. The van der Waals surface area contributed by atoms with Gasteiger partial charge in [-0.1, -0.05) is 41.5 Å². The van der Waals surface area contributed by atoms with Gasteiger partial charge in [0.25, 0.3) is 5.56 Å². The molecule has 0 amide bonds. The van der Waals surface area contributed by atoms with Crippen LogP contribution >= 0.6 is 30.4 Å². The molecule has 1 aromatic carbocycles. The van der Waals surface area contributed by atoms with Crippen LogP contribution in [0.3, 0.4) is 0 Å². The topological polar surface area (TPSA) is 109 Å². The van der Waals surface area contributed by atoms with Gasteiger partial charge >= 0.3 is 13.5 Å². The lowest BCUT2D eigenvalue weighted by molar-refractivity contribution is -0.0371. The maximum absolute atomic E-state index is 15.4. The van der Waals surface area contributed by atoms with Crippen molar-refractivity contribution in [1.29, 1.82) is 0 Å². The Bertz CT molecular complexity index is 1380. The molecule has 204 valence electrons. The Kier molecular flexibility index (Phi) is 7.57. The van der Waals surface area contributed by atoms with E-state index in [1.54, 1.807) is 28.7 Å². The average Bonchev–Trinajstić information content (AvgIpc) is 3.13. The van der Waals surface area contributed by atoms with Crippen molar-refractivity contribution >= 4 is 30.4 Å². The number of ether oxygens (including phenoxy) is 1. The Morgan fingerprint density at radius 2 is 1.84 bits per heavy atom. The number of halogens is 3. The van der Waals surface area contributed by atoms with Crippen molar-refractivity contribution in [3.05, 3.63) is 59.2 Å². The third-order valence-electron chi connectivity index (χ3n) is 6.29. The summed E-state index contributed by atoms with van der Waals surface area (Å²) in [5, 5.41) is 0. The van der Waals surface area contributed by atoms with Gasteiger partial charge in [0, 0.05) is 18.2 Å². The third-order valence-corrected chi connectivity index (χ3v) is 8.37. The monoisotopic (exact) mass is 654 g/mol. The molecule has 2 aromatic rings. The number of aromatic amines is 1. The Labute approximate surface area is 226 Å². The minimum atomic E-state index is -4.24. The standard InChI is InChI=1S/C24H30F2IN2O7P/c1-23(2,3)13-7-14(24(4,5)6)20-12(19(13)26)10-33-37(32,36-20)34-11-17-15(25)8-18(35-17)29-9-16(27)21(30)28-22(29)31/h7,9,15,17-18H,8,10-11H2,1-6H3,(H,28,30,31)/t15?,17-,18-,37?/m1/s1. The molecule has 0 aliphatic carbocycles. The molecule has 0 saturated carbocycles. The van der Waals surface area contributed by atoms with Gasteiger partial charge in [0.2, 0.25) is 0 Å². The highest BCUT2D eigenvalue weighted by Crippen LogP contribution is 2.58. The van der Waals surface area contributed by atoms with Gasteiger partial charge in [-0.05, 0) is 45.1 Å². The number of phosphoric acid groups is 1. The molecule has 0 radical (unpaired) electrons. The van der Waals surface area contributed by atoms with Crippen molar-refractivity contribution in [3.8, 4) is 5.75 Å². The second kappa shape index (κ2) is 9.86. The minimum absolute atomic E-state index is 0.101. The molecule has 13 heteroatoms. The number of aromatic nitrogens is 2. The second-order valence-electron chi connectivity index (χ2n) is 11.2. The number of nitrogens with one attached hydrogen (secondary N) is 1. The van der Waals surface area contributed by atoms with Crippen LogP contribution in [0.1, 0.15) is 70.9 Å². The van der Waals surface area contributed by atoms with E-state index in [1.165, 1.54) is 6.20 Å². The highest BCUT2D eigenvalue weighted by atomic mass is 127. The number of hydrogen-bond donors (Lipinski definition) is 1. The minimum Gasteiger partial charge on any atom is -0.403 e. The average molecular weight is 654 g/mol. The van der Waals surface area contributed by atoms with Crippen molar-refractivity contribution in [3.63, 3.8) is 0 Å². The van der Waals surface area contributed by atoms with Crippen LogP contribution in [0.15, 0.2) is 21.9 Å². The number of alkyl halides is 1. The molecule has 1 N–H and O–H groups in total. The molecule has 9 nitrogen and oxygen atoms in total. The normalized spacial score (nSPS) is 26.1. The molecule has 37 heavy (non-hydrogen) atoms. The van der Waals surface area contributed by atoms with Crippen LogP contribution in [0, 0.1) is 9.39 Å². The molecule has 0 spiro atoms. The number of fused-ring (bicyclic) bond motifs is 1. The Morgan fingerprint density at radius 3 is 2.46 bits per heavy atom. The second-order valence-corrected chi connectivity index (χ2v) is 14.0. The molecule has 1 aromatic heterocycles. The van der Waals surface area contributed by atoms with Crippen molar-refractivity contribution < 1.29 is 31.7 Å². The van der Waals surface area contributed by atoms with E-state index in [0.717, 1.165) is 4.57 Å². The van der Waals surface area contributed by atoms with Crippen molar-refractivity contribution in [2.45, 2.75) is 83.9 Å². The molecular weight excluding hydrogens is 624 g/mol. The van der Waals surface area contributed by atoms with Crippen LogP contribution in [0.25, 0.3) is 0 Å². The smallest absolute Gasteiger partial charge is 0.403 e. The SMILES string of the molecule is CC(C)(C)c1cc(C(C)(C)C)c2c(c1F)COP(=O)(OC[C@H]1O[C@@H](n3cc(I)c(=O)[nH]c3=O)CC1F)O2. The van der Waals surface area contributed by atoms with Crippen LogP contribution in [0.5, 0.6) is 5.75 Å². The summed E-state index contributed by atoms with van der Waals surface area (Å²) in [6, 6.07) is 1.72. The number of rotatable bonds is 4. The first-order valence-corrected chi connectivity index (χ1v) is 14.3. The van der Waals surface area contributed by atoms with Crippen LogP contribution in [-0.2, 0) is 35.8 Å². The Hall–Kier alpha value is -1.60. The lowest BCUT2D eigenvalue weighted by Crippen LogP contribution is -2.33. The summed E-state index contributed by atoms with van der Waals surface area (Å²) >= 11 is 1.75. The largest absolute Gasteiger partial charge is 0.530 e. The summed E-state index contributed by atoms with van der Waals surface area (Å²) in [4.78, 5) is 25.9. The Morgan fingerprint density at radius 1 is 1.19 bits per heavy atom. The Balaban J connectivity index is 1.55. The molecular formula is C24H30F2IN2O7P. The molecule has 0 bridgehead atoms. The summed E-state index contributed by atoms with van der Waals surface area (Å²) < 4.78 is 67.0. The molecule has 2 unspecified atom stereocenters. The molecule has 4 atom stereocenters. The lowest BCUT2D eigenvalue weighted by Gasteiger charge is -2.33. The summed E-state index contributed by atoms with van der Waals surface area (Å²) in [7, 11) is -4.24. The van der Waals surface area contributed by atoms with Crippen LogP contribution < -0.4 is 15.8 Å². The first-order chi connectivity index (χ1) is 17.0. The number of H-pyrrole nitrogens is 1. The van der Waals surface area contributed by atoms with E-state index in [9.17, 15) is 18.5 Å². The van der Waals surface area contributed by atoms with E-state index >= 15 is 4.39 Å². The fourth-order valence-corrected chi connectivity index (χ4v) is 5.89. The fourth-order valence-electron chi connectivity index (χ4n) is 4.23. The van der Waals surface area contributed by atoms with E-state index < -0.39 is 60.8 Å². The number of hydrogen-bond acceptors (Lipinski definition) is 7. The number of phosphoric ester groups is 1. The lowest BCUT2D eigenvalue weighted by atomic mass is 9.78. The molecule has 4 rings (SSSR count). The molecule has 2 aliphatic rings. The van der Waals surface area contributed by atoms with Crippen molar-refractivity contribution in [2.24, 2.45) is 0 Å². The molecule has 1 saturated heterocycles. The van der Waals surface area contributed by atoms with Gasteiger partial charge in [-0.2, -0.15) is 0 Å². The van der Waals surface area contributed by atoms with E-state index in [0.29, 0.717) is 11.1 Å². The van der Waals surface area contributed by atoms with E-state index in [1.807, 2.05) is 41.5 Å². The summed E-state index contributed by atoms with van der Waals surface area (Å²) in [6.07, 6.45) is -2.62. The van der Waals surface area contributed by atoms with Gasteiger partial charge in [-0.25, -0.2) is 18.1 Å². The van der Waals surface area contributed by atoms with Gasteiger partial charge in [-0.15, -0.1) is 0 Å². The van der Waals surface area contributed by atoms with Crippen LogP contribution in [0.4, 0.5) is 8.78 Å². The zero-order valence-corrected chi connectivity index (χ0v) is 24.4. The maximum atomic E-state index is 15.4. The number of benzene rings is 1. The highest BCUT2D eigenvalue weighted by Gasteiger charge is 2.43. The molecule has 3 heterocycles. The molecule has 1 fully saturated rings. The van der Waals surface area contributed by atoms with Crippen LogP contribution in [-0.4, -0.2) is 28.4 Å². The van der Waals surface area contributed by atoms with Gasteiger partial charge < -0.3 is 9.26 Å². The van der Waals surface area contributed by atoms with Crippen molar-refractivity contribution in [2.75, 3.05) is 6.61 Å².